The van der Waals surface area contributed by atoms with Gasteiger partial charge in [-0.2, -0.15) is 0 Å². The second-order valence-corrected chi connectivity index (χ2v) is 7.09. The Hall–Kier alpha value is -2.34. The van der Waals surface area contributed by atoms with Gasteiger partial charge in [0.1, 0.15) is 5.65 Å². The number of nitrogens with zero attached hydrogens (tertiary/aromatic N) is 2. The molecule has 0 radical (unpaired) electrons. The fourth-order valence-corrected chi connectivity index (χ4v) is 3.62. The number of aliphatic hydroxyl groups is 1. The summed E-state index contributed by atoms with van der Waals surface area (Å²) in [5.41, 5.74) is 2.72. The van der Waals surface area contributed by atoms with Gasteiger partial charge in [-0.25, -0.2) is 4.98 Å². The quantitative estimate of drug-likeness (QED) is 0.731. The van der Waals surface area contributed by atoms with E-state index < -0.39 is 6.10 Å². The van der Waals surface area contributed by atoms with E-state index in [0.29, 0.717) is 12.0 Å². The number of carbonyl (C=O) groups excluding carboxylic acids is 1. The van der Waals surface area contributed by atoms with E-state index in [1.165, 1.54) is 6.08 Å². The molecule has 2 fully saturated rings. The second kappa shape index (κ2) is 6.52. The molecule has 1 unspecified atom stereocenters. The molecule has 132 valence electrons. The van der Waals surface area contributed by atoms with Gasteiger partial charge in [0, 0.05) is 36.3 Å². The maximum Gasteiger partial charge on any atom is 0.245 e. The molecule has 1 atom stereocenters. The van der Waals surface area contributed by atoms with Gasteiger partial charge in [0.05, 0.1) is 18.0 Å². The van der Waals surface area contributed by atoms with Crippen molar-refractivity contribution in [1.29, 1.82) is 0 Å². The minimum Gasteiger partial charge on any atom is -0.388 e. The standard InChI is InChI=1S/C19H24N4O2/c1-2-17(24)23-7-5-13(6-8-23)22-14-9-15-16(18(25)12-3-4-12)11-21-19(15)20-10-14/h2,9-13,18,22,25H,1,3-8H2,(H,20,21). The van der Waals surface area contributed by atoms with Gasteiger partial charge in [0.15, 0.2) is 0 Å². The molecule has 0 spiro atoms. The number of hydrogen-bond acceptors (Lipinski definition) is 4. The number of aliphatic hydroxyl groups excluding tert-OH is 1. The maximum atomic E-state index is 11.7. The number of anilines is 1. The number of aromatic nitrogens is 2. The van der Waals surface area contributed by atoms with Crippen LogP contribution in [0, 0.1) is 5.92 Å². The number of aromatic amines is 1. The zero-order valence-electron chi connectivity index (χ0n) is 14.2. The number of piperidine rings is 1. The third-order valence-electron chi connectivity index (χ3n) is 5.30. The van der Waals surface area contributed by atoms with Crippen molar-refractivity contribution in [3.63, 3.8) is 0 Å². The Kier molecular flexibility index (Phi) is 4.21. The minimum atomic E-state index is -0.404. The lowest BCUT2D eigenvalue weighted by Crippen LogP contribution is -2.41. The van der Waals surface area contributed by atoms with E-state index in [1.54, 1.807) is 0 Å². The number of fused-ring (bicyclic) bond motifs is 1. The average molecular weight is 340 g/mol. The van der Waals surface area contributed by atoms with Crippen LogP contribution in [0.2, 0.25) is 0 Å². The number of rotatable bonds is 5. The van der Waals surface area contributed by atoms with Crippen LogP contribution in [0.5, 0.6) is 0 Å². The van der Waals surface area contributed by atoms with Crippen molar-refractivity contribution in [2.24, 2.45) is 5.92 Å². The molecule has 3 heterocycles. The van der Waals surface area contributed by atoms with Crippen LogP contribution in [0.3, 0.4) is 0 Å². The van der Waals surface area contributed by atoms with Crippen molar-refractivity contribution in [3.8, 4) is 0 Å². The molecule has 2 aromatic rings. The number of H-pyrrole nitrogens is 1. The molecule has 1 amide bonds. The SMILES string of the molecule is C=CC(=O)N1CCC(Nc2cnc3[nH]cc(C(O)C4CC4)c3c2)CC1. The summed E-state index contributed by atoms with van der Waals surface area (Å²) in [6.45, 7) is 5.04. The largest absolute Gasteiger partial charge is 0.388 e. The average Bonchev–Trinajstić information content (AvgIpc) is 3.41. The Morgan fingerprint density at radius 1 is 1.40 bits per heavy atom. The molecule has 2 aliphatic rings. The number of amides is 1. The summed E-state index contributed by atoms with van der Waals surface area (Å²) in [5.74, 6) is 0.398. The van der Waals surface area contributed by atoms with Crippen molar-refractivity contribution in [3.05, 3.63) is 36.7 Å². The smallest absolute Gasteiger partial charge is 0.245 e. The van der Waals surface area contributed by atoms with Crippen LogP contribution < -0.4 is 5.32 Å². The normalized spacial score (nSPS) is 19.8. The van der Waals surface area contributed by atoms with E-state index in [0.717, 1.165) is 61.1 Å². The van der Waals surface area contributed by atoms with Crippen LogP contribution in [0.1, 0.15) is 37.4 Å². The molecule has 1 aliphatic carbocycles. The van der Waals surface area contributed by atoms with Crippen LogP contribution >= 0.6 is 0 Å². The summed E-state index contributed by atoms with van der Waals surface area (Å²) in [6.07, 6.45) is 8.69. The van der Waals surface area contributed by atoms with Crippen LogP contribution in [0.4, 0.5) is 5.69 Å². The zero-order valence-corrected chi connectivity index (χ0v) is 14.2. The molecule has 1 saturated carbocycles. The monoisotopic (exact) mass is 340 g/mol. The molecule has 0 bridgehead atoms. The Morgan fingerprint density at radius 2 is 2.16 bits per heavy atom. The number of likely N-dealkylation sites (tertiary alicyclic amines) is 1. The van der Waals surface area contributed by atoms with Crippen LogP contribution in [-0.2, 0) is 4.79 Å². The van der Waals surface area contributed by atoms with Crippen molar-refractivity contribution in [1.82, 2.24) is 14.9 Å². The highest BCUT2D eigenvalue weighted by Gasteiger charge is 2.32. The lowest BCUT2D eigenvalue weighted by Gasteiger charge is -2.32. The van der Waals surface area contributed by atoms with Crippen molar-refractivity contribution < 1.29 is 9.90 Å². The molecular formula is C19H24N4O2. The Labute approximate surface area is 146 Å². The molecular weight excluding hydrogens is 316 g/mol. The van der Waals surface area contributed by atoms with Gasteiger partial charge in [0.25, 0.3) is 0 Å². The Morgan fingerprint density at radius 3 is 2.84 bits per heavy atom. The predicted molar refractivity (Wildman–Crippen MR) is 97.2 cm³/mol. The highest BCUT2D eigenvalue weighted by atomic mass is 16.3. The third kappa shape index (κ3) is 3.26. The van der Waals surface area contributed by atoms with E-state index in [9.17, 15) is 9.90 Å². The molecule has 0 aromatic carbocycles. The number of pyridine rings is 1. The first-order chi connectivity index (χ1) is 12.2. The molecule has 2 aromatic heterocycles. The summed E-state index contributed by atoms with van der Waals surface area (Å²) in [4.78, 5) is 21.1. The van der Waals surface area contributed by atoms with E-state index >= 15 is 0 Å². The lowest BCUT2D eigenvalue weighted by atomic mass is 10.0. The van der Waals surface area contributed by atoms with Gasteiger partial charge in [-0.1, -0.05) is 6.58 Å². The van der Waals surface area contributed by atoms with E-state index in [-0.39, 0.29) is 5.91 Å². The number of nitrogens with one attached hydrogen (secondary N) is 2. The Bertz CT molecular complexity index is 788. The fraction of sp³-hybridized carbons (Fsp3) is 0.474. The zero-order chi connectivity index (χ0) is 17.4. The van der Waals surface area contributed by atoms with Gasteiger partial charge < -0.3 is 20.3 Å². The van der Waals surface area contributed by atoms with Gasteiger partial charge in [-0.05, 0) is 43.7 Å². The number of carbonyl (C=O) groups is 1. The second-order valence-electron chi connectivity index (χ2n) is 7.09. The van der Waals surface area contributed by atoms with E-state index in [1.807, 2.05) is 17.3 Å². The summed E-state index contributed by atoms with van der Waals surface area (Å²) >= 11 is 0. The fourth-order valence-electron chi connectivity index (χ4n) is 3.62. The molecule has 4 rings (SSSR count). The van der Waals surface area contributed by atoms with Crippen molar-refractivity contribution in [2.45, 2.75) is 37.8 Å². The van der Waals surface area contributed by atoms with E-state index in [2.05, 4.69) is 27.9 Å². The summed E-state index contributed by atoms with van der Waals surface area (Å²) in [5, 5.41) is 15.0. The summed E-state index contributed by atoms with van der Waals surface area (Å²) < 4.78 is 0. The van der Waals surface area contributed by atoms with Crippen LogP contribution in [0.25, 0.3) is 11.0 Å². The highest BCUT2D eigenvalue weighted by molar-refractivity contribution is 5.87. The number of hydrogen-bond donors (Lipinski definition) is 3. The van der Waals surface area contributed by atoms with Crippen LogP contribution in [-0.4, -0.2) is 45.0 Å². The molecule has 3 N–H and O–H groups in total. The molecule has 6 nitrogen and oxygen atoms in total. The maximum absolute atomic E-state index is 11.7. The van der Waals surface area contributed by atoms with Crippen molar-refractivity contribution >= 4 is 22.6 Å². The van der Waals surface area contributed by atoms with Gasteiger partial charge >= 0.3 is 0 Å². The molecule has 1 saturated heterocycles. The first-order valence-electron chi connectivity index (χ1n) is 8.98. The third-order valence-corrected chi connectivity index (χ3v) is 5.30. The first-order valence-corrected chi connectivity index (χ1v) is 8.98. The molecule has 1 aliphatic heterocycles. The van der Waals surface area contributed by atoms with Gasteiger partial charge in [-0.3, -0.25) is 4.79 Å². The summed E-state index contributed by atoms with van der Waals surface area (Å²) in [6, 6.07) is 2.39. The lowest BCUT2D eigenvalue weighted by molar-refractivity contribution is -0.126. The first kappa shape index (κ1) is 16.1. The predicted octanol–water partition coefficient (Wildman–Crippen LogP) is 2.60. The summed E-state index contributed by atoms with van der Waals surface area (Å²) in [7, 11) is 0. The highest BCUT2D eigenvalue weighted by Crippen LogP contribution is 2.42. The van der Waals surface area contributed by atoms with Crippen molar-refractivity contribution in [2.75, 3.05) is 18.4 Å². The topological polar surface area (TPSA) is 81.2 Å². The van der Waals surface area contributed by atoms with Crippen LogP contribution in [0.15, 0.2) is 31.1 Å². The minimum absolute atomic E-state index is 0.00700. The van der Waals surface area contributed by atoms with Gasteiger partial charge in [0.2, 0.25) is 5.91 Å². The van der Waals surface area contributed by atoms with E-state index in [4.69, 9.17) is 0 Å². The molecule has 6 heteroatoms. The molecule has 25 heavy (non-hydrogen) atoms. The van der Waals surface area contributed by atoms with Gasteiger partial charge in [-0.15, -0.1) is 0 Å². The Balaban J connectivity index is 1.46.